The van der Waals surface area contributed by atoms with Crippen LogP contribution in [0.4, 0.5) is 0 Å². The number of amides is 1. The summed E-state index contributed by atoms with van der Waals surface area (Å²) >= 11 is 0. The lowest BCUT2D eigenvalue weighted by molar-refractivity contribution is 0.0949. The van der Waals surface area contributed by atoms with Crippen LogP contribution in [0.15, 0.2) is 36.9 Å². The number of aromatic nitrogens is 2. The van der Waals surface area contributed by atoms with Gasteiger partial charge in [-0.05, 0) is 18.6 Å². The third-order valence-electron chi connectivity index (χ3n) is 3.09. The van der Waals surface area contributed by atoms with Gasteiger partial charge >= 0.3 is 0 Å². The van der Waals surface area contributed by atoms with E-state index in [-0.39, 0.29) is 5.91 Å². The molecule has 0 fully saturated rings. The molecule has 0 saturated heterocycles. The number of imidazole rings is 1. The lowest BCUT2D eigenvalue weighted by atomic mass is 10.1. The maximum atomic E-state index is 12.1. The molecule has 6 nitrogen and oxygen atoms in total. The molecule has 0 radical (unpaired) electrons. The Balaban J connectivity index is 1.87. The normalized spacial score (nSPS) is 10.2. The van der Waals surface area contributed by atoms with Crippen molar-refractivity contribution in [3.63, 3.8) is 0 Å². The molecular weight excluding hydrogens is 270 g/mol. The Bertz CT molecular complexity index is 582. The lowest BCUT2D eigenvalue weighted by Gasteiger charge is -2.11. The van der Waals surface area contributed by atoms with E-state index in [2.05, 4.69) is 10.3 Å². The SMILES string of the molecule is COc1ccc(C(=O)NCCCn2ccnc2)c(OC)c1. The molecular formula is C15H19N3O3. The minimum atomic E-state index is -0.153. The second kappa shape index (κ2) is 7.33. The van der Waals surface area contributed by atoms with Gasteiger partial charge in [-0.3, -0.25) is 4.79 Å². The van der Waals surface area contributed by atoms with E-state index in [0.717, 1.165) is 13.0 Å². The number of rotatable bonds is 7. The summed E-state index contributed by atoms with van der Waals surface area (Å²) in [5, 5.41) is 2.88. The van der Waals surface area contributed by atoms with E-state index in [1.54, 1.807) is 37.8 Å². The fourth-order valence-corrected chi connectivity index (χ4v) is 1.96. The summed E-state index contributed by atoms with van der Waals surface area (Å²) in [7, 11) is 3.11. The molecule has 1 aromatic heterocycles. The van der Waals surface area contributed by atoms with Gasteiger partial charge in [0.25, 0.3) is 5.91 Å². The quantitative estimate of drug-likeness (QED) is 0.788. The zero-order valence-electron chi connectivity index (χ0n) is 12.2. The van der Waals surface area contributed by atoms with Crippen molar-refractivity contribution in [1.82, 2.24) is 14.9 Å². The number of nitrogens with one attached hydrogen (secondary N) is 1. The number of methoxy groups -OCH3 is 2. The monoisotopic (exact) mass is 289 g/mol. The lowest BCUT2D eigenvalue weighted by Crippen LogP contribution is -2.25. The molecule has 1 N–H and O–H groups in total. The standard InChI is InChI=1S/C15H19N3O3/c1-20-12-4-5-13(14(10-12)21-2)15(19)17-6-3-8-18-9-7-16-11-18/h4-5,7,9-11H,3,6,8H2,1-2H3,(H,17,19). The number of hydrogen-bond acceptors (Lipinski definition) is 4. The van der Waals surface area contributed by atoms with Crippen LogP contribution in [0.5, 0.6) is 11.5 Å². The Morgan fingerprint density at radius 1 is 1.33 bits per heavy atom. The third kappa shape index (κ3) is 3.98. The predicted molar refractivity (Wildman–Crippen MR) is 78.7 cm³/mol. The highest BCUT2D eigenvalue weighted by molar-refractivity contribution is 5.97. The zero-order valence-corrected chi connectivity index (χ0v) is 12.2. The molecule has 0 aliphatic rings. The Morgan fingerprint density at radius 2 is 2.19 bits per heavy atom. The van der Waals surface area contributed by atoms with Crippen LogP contribution in [-0.4, -0.2) is 36.2 Å². The molecule has 0 aliphatic heterocycles. The van der Waals surface area contributed by atoms with Crippen LogP contribution >= 0.6 is 0 Å². The van der Waals surface area contributed by atoms with Gasteiger partial charge in [-0.1, -0.05) is 0 Å². The van der Waals surface area contributed by atoms with Crippen molar-refractivity contribution in [2.45, 2.75) is 13.0 Å². The molecule has 0 atom stereocenters. The van der Waals surface area contributed by atoms with Crippen molar-refractivity contribution in [2.24, 2.45) is 0 Å². The molecule has 1 aromatic carbocycles. The van der Waals surface area contributed by atoms with Crippen LogP contribution in [0, 0.1) is 0 Å². The van der Waals surface area contributed by atoms with Crippen LogP contribution in [0.3, 0.4) is 0 Å². The molecule has 2 rings (SSSR count). The molecule has 112 valence electrons. The van der Waals surface area contributed by atoms with Gasteiger partial charge in [-0.15, -0.1) is 0 Å². The first-order valence-electron chi connectivity index (χ1n) is 6.70. The van der Waals surface area contributed by atoms with E-state index in [0.29, 0.717) is 23.6 Å². The van der Waals surface area contributed by atoms with Gasteiger partial charge in [0, 0.05) is 31.5 Å². The van der Waals surface area contributed by atoms with Crippen molar-refractivity contribution in [3.8, 4) is 11.5 Å². The van der Waals surface area contributed by atoms with Gasteiger partial charge in [0.1, 0.15) is 11.5 Å². The molecule has 0 bridgehead atoms. The van der Waals surface area contributed by atoms with Gasteiger partial charge < -0.3 is 19.4 Å². The molecule has 1 heterocycles. The maximum Gasteiger partial charge on any atom is 0.255 e. The van der Waals surface area contributed by atoms with E-state index in [1.807, 2.05) is 10.8 Å². The number of carbonyl (C=O) groups is 1. The Kier molecular flexibility index (Phi) is 5.20. The van der Waals surface area contributed by atoms with Gasteiger partial charge in [-0.2, -0.15) is 0 Å². The van der Waals surface area contributed by atoms with Crippen molar-refractivity contribution in [2.75, 3.05) is 20.8 Å². The highest BCUT2D eigenvalue weighted by atomic mass is 16.5. The smallest absolute Gasteiger partial charge is 0.255 e. The average Bonchev–Trinajstić information content (AvgIpc) is 3.04. The second-order valence-corrected chi connectivity index (χ2v) is 4.48. The summed E-state index contributed by atoms with van der Waals surface area (Å²) in [6, 6.07) is 5.13. The Morgan fingerprint density at radius 3 is 2.86 bits per heavy atom. The highest BCUT2D eigenvalue weighted by Gasteiger charge is 2.12. The van der Waals surface area contributed by atoms with Gasteiger partial charge in [0.05, 0.1) is 26.1 Å². The fraction of sp³-hybridized carbons (Fsp3) is 0.333. The largest absolute Gasteiger partial charge is 0.497 e. The van der Waals surface area contributed by atoms with Gasteiger partial charge in [0.2, 0.25) is 0 Å². The van der Waals surface area contributed by atoms with Crippen LogP contribution in [0.1, 0.15) is 16.8 Å². The van der Waals surface area contributed by atoms with E-state index in [4.69, 9.17) is 9.47 Å². The predicted octanol–water partition coefficient (Wildman–Crippen LogP) is 1.72. The number of ether oxygens (including phenoxy) is 2. The summed E-state index contributed by atoms with van der Waals surface area (Å²) in [5.74, 6) is 1.00. The Labute approximate surface area is 123 Å². The van der Waals surface area contributed by atoms with E-state index in [9.17, 15) is 4.79 Å². The number of nitrogens with zero attached hydrogens (tertiary/aromatic N) is 2. The number of benzene rings is 1. The fourth-order valence-electron chi connectivity index (χ4n) is 1.96. The van der Waals surface area contributed by atoms with Crippen molar-refractivity contribution in [3.05, 3.63) is 42.5 Å². The third-order valence-corrected chi connectivity index (χ3v) is 3.09. The highest BCUT2D eigenvalue weighted by Crippen LogP contribution is 2.24. The summed E-state index contributed by atoms with van der Waals surface area (Å²) in [4.78, 5) is 16.1. The summed E-state index contributed by atoms with van der Waals surface area (Å²) in [6.07, 6.45) is 6.23. The van der Waals surface area contributed by atoms with E-state index < -0.39 is 0 Å². The number of carbonyl (C=O) groups excluding carboxylic acids is 1. The summed E-state index contributed by atoms with van der Waals surface area (Å²) in [5.41, 5.74) is 0.501. The van der Waals surface area contributed by atoms with Crippen molar-refractivity contribution < 1.29 is 14.3 Å². The zero-order chi connectivity index (χ0) is 15.1. The van der Waals surface area contributed by atoms with Crippen LogP contribution in [0.25, 0.3) is 0 Å². The molecule has 0 saturated carbocycles. The first-order chi connectivity index (χ1) is 10.2. The van der Waals surface area contributed by atoms with Crippen LogP contribution in [0.2, 0.25) is 0 Å². The van der Waals surface area contributed by atoms with Gasteiger partial charge in [-0.25, -0.2) is 4.98 Å². The van der Waals surface area contributed by atoms with Crippen molar-refractivity contribution >= 4 is 5.91 Å². The van der Waals surface area contributed by atoms with Crippen molar-refractivity contribution in [1.29, 1.82) is 0 Å². The topological polar surface area (TPSA) is 65.4 Å². The summed E-state index contributed by atoms with van der Waals surface area (Å²) < 4.78 is 12.3. The Hall–Kier alpha value is -2.50. The van der Waals surface area contributed by atoms with E-state index in [1.165, 1.54) is 7.11 Å². The molecule has 2 aromatic rings. The molecule has 0 unspecified atom stereocenters. The average molecular weight is 289 g/mol. The molecule has 0 aliphatic carbocycles. The first-order valence-corrected chi connectivity index (χ1v) is 6.70. The first kappa shape index (κ1) is 14.9. The summed E-state index contributed by atoms with van der Waals surface area (Å²) in [6.45, 7) is 1.41. The number of hydrogen-bond donors (Lipinski definition) is 1. The van der Waals surface area contributed by atoms with E-state index >= 15 is 0 Å². The maximum absolute atomic E-state index is 12.1. The number of aryl methyl sites for hydroxylation is 1. The minimum Gasteiger partial charge on any atom is -0.497 e. The van der Waals surface area contributed by atoms with Crippen LogP contribution in [-0.2, 0) is 6.54 Å². The molecule has 6 heteroatoms. The van der Waals surface area contributed by atoms with Crippen LogP contribution < -0.4 is 14.8 Å². The minimum absolute atomic E-state index is 0.153. The second-order valence-electron chi connectivity index (χ2n) is 4.48. The molecule has 0 spiro atoms. The molecule has 1 amide bonds. The molecule has 21 heavy (non-hydrogen) atoms. The van der Waals surface area contributed by atoms with Gasteiger partial charge in [0.15, 0.2) is 0 Å².